The van der Waals surface area contributed by atoms with Crippen LogP contribution in [-0.2, 0) is 22.5 Å². The maximum atomic E-state index is 11.5. The SMILES string of the molecule is COC(=O)C(C)NC1CCCc2c1cnn2CCO. The Balaban J connectivity index is 2.12. The van der Waals surface area contributed by atoms with Crippen LogP contribution in [-0.4, -0.2) is 40.6 Å². The van der Waals surface area contributed by atoms with E-state index in [1.54, 1.807) is 6.92 Å². The Kier molecular flexibility index (Phi) is 4.55. The number of methoxy groups -OCH3 is 1. The van der Waals surface area contributed by atoms with Crippen molar-refractivity contribution in [2.75, 3.05) is 13.7 Å². The molecule has 2 N–H and O–H groups in total. The maximum Gasteiger partial charge on any atom is 0.322 e. The molecule has 1 aromatic rings. The second kappa shape index (κ2) is 6.16. The number of aliphatic hydroxyl groups excluding tert-OH is 1. The van der Waals surface area contributed by atoms with Crippen LogP contribution in [0.15, 0.2) is 6.20 Å². The summed E-state index contributed by atoms with van der Waals surface area (Å²) in [6.07, 6.45) is 4.85. The minimum Gasteiger partial charge on any atom is -0.468 e. The topological polar surface area (TPSA) is 76.4 Å². The van der Waals surface area contributed by atoms with Gasteiger partial charge in [-0.3, -0.25) is 14.8 Å². The van der Waals surface area contributed by atoms with Crippen LogP contribution in [0.2, 0.25) is 0 Å². The van der Waals surface area contributed by atoms with E-state index in [-0.39, 0.29) is 24.7 Å². The first-order valence-corrected chi connectivity index (χ1v) is 6.66. The Bertz CT molecular complexity index is 444. The number of fused-ring (bicyclic) bond motifs is 1. The summed E-state index contributed by atoms with van der Waals surface area (Å²) in [4.78, 5) is 11.5. The van der Waals surface area contributed by atoms with E-state index >= 15 is 0 Å². The van der Waals surface area contributed by atoms with Crippen LogP contribution < -0.4 is 5.32 Å². The van der Waals surface area contributed by atoms with Crippen molar-refractivity contribution in [3.8, 4) is 0 Å². The molecule has 2 rings (SSSR count). The van der Waals surface area contributed by atoms with E-state index in [2.05, 4.69) is 10.4 Å². The predicted octanol–water partition coefficient (Wildman–Crippen LogP) is 0.404. The molecule has 0 amide bonds. The molecule has 0 fully saturated rings. The van der Waals surface area contributed by atoms with Gasteiger partial charge in [0.05, 0.1) is 26.5 Å². The Labute approximate surface area is 112 Å². The van der Waals surface area contributed by atoms with Crippen molar-refractivity contribution in [1.82, 2.24) is 15.1 Å². The molecule has 1 heterocycles. The number of nitrogens with zero attached hydrogens (tertiary/aromatic N) is 2. The highest BCUT2D eigenvalue weighted by Crippen LogP contribution is 2.29. The van der Waals surface area contributed by atoms with Gasteiger partial charge >= 0.3 is 5.97 Å². The molecule has 0 saturated heterocycles. The van der Waals surface area contributed by atoms with E-state index in [0.29, 0.717) is 6.54 Å². The fraction of sp³-hybridized carbons (Fsp3) is 0.692. The van der Waals surface area contributed by atoms with Gasteiger partial charge < -0.3 is 9.84 Å². The van der Waals surface area contributed by atoms with E-state index in [0.717, 1.165) is 30.5 Å². The quantitative estimate of drug-likeness (QED) is 0.755. The van der Waals surface area contributed by atoms with Crippen molar-refractivity contribution in [2.24, 2.45) is 0 Å². The van der Waals surface area contributed by atoms with Gasteiger partial charge in [0.15, 0.2) is 0 Å². The van der Waals surface area contributed by atoms with Crippen molar-refractivity contribution < 1.29 is 14.6 Å². The lowest BCUT2D eigenvalue weighted by atomic mass is 9.92. The van der Waals surface area contributed by atoms with Crippen molar-refractivity contribution >= 4 is 5.97 Å². The summed E-state index contributed by atoms with van der Waals surface area (Å²) >= 11 is 0. The third-order valence-corrected chi connectivity index (χ3v) is 3.58. The van der Waals surface area contributed by atoms with Gasteiger partial charge in [-0.25, -0.2) is 0 Å². The van der Waals surface area contributed by atoms with E-state index in [9.17, 15) is 4.79 Å². The number of hydrogen-bond donors (Lipinski definition) is 2. The lowest BCUT2D eigenvalue weighted by molar-refractivity contribution is -0.142. The van der Waals surface area contributed by atoms with Crippen molar-refractivity contribution in [3.63, 3.8) is 0 Å². The molecule has 0 bridgehead atoms. The number of aromatic nitrogens is 2. The summed E-state index contributed by atoms with van der Waals surface area (Å²) in [6, 6.07) is -0.201. The number of rotatable bonds is 5. The maximum absolute atomic E-state index is 11.5. The number of esters is 1. The first-order chi connectivity index (χ1) is 9.17. The van der Waals surface area contributed by atoms with E-state index in [1.165, 1.54) is 7.11 Å². The van der Waals surface area contributed by atoms with E-state index < -0.39 is 0 Å². The van der Waals surface area contributed by atoms with Gasteiger partial charge in [0.2, 0.25) is 0 Å². The molecule has 0 aromatic carbocycles. The number of nitrogens with one attached hydrogen (secondary N) is 1. The Morgan fingerprint density at radius 2 is 2.53 bits per heavy atom. The Morgan fingerprint density at radius 3 is 3.21 bits per heavy atom. The Morgan fingerprint density at radius 1 is 1.74 bits per heavy atom. The van der Waals surface area contributed by atoms with Crippen LogP contribution in [0.5, 0.6) is 0 Å². The van der Waals surface area contributed by atoms with Gasteiger partial charge in [-0.2, -0.15) is 5.10 Å². The average Bonchev–Trinajstić information content (AvgIpc) is 2.83. The van der Waals surface area contributed by atoms with Crippen LogP contribution in [0.4, 0.5) is 0 Å². The zero-order valence-electron chi connectivity index (χ0n) is 11.4. The van der Waals surface area contributed by atoms with Crippen LogP contribution in [0, 0.1) is 0 Å². The van der Waals surface area contributed by atoms with Gasteiger partial charge in [0.1, 0.15) is 6.04 Å². The molecule has 0 spiro atoms. The van der Waals surface area contributed by atoms with Crippen LogP contribution >= 0.6 is 0 Å². The zero-order valence-corrected chi connectivity index (χ0v) is 11.4. The molecule has 1 aliphatic carbocycles. The highest BCUT2D eigenvalue weighted by Gasteiger charge is 2.27. The van der Waals surface area contributed by atoms with Crippen molar-refractivity contribution in [3.05, 3.63) is 17.5 Å². The van der Waals surface area contributed by atoms with Gasteiger partial charge in [-0.15, -0.1) is 0 Å². The molecule has 2 atom stereocenters. The molecule has 0 aliphatic heterocycles. The lowest BCUT2D eigenvalue weighted by Gasteiger charge is -2.26. The molecule has 1 aromatic heterocycles. The van der Waals surface area contributed by atoms with Gasteiger partial charge in [-0.1, -0.05) is 0 Å². The van der Waals surface area contributed by atoms with Crippen molar-refractivity contribution in [2.45, 2.75) is 44.8 Å². The normalized spacial score (nSPS) is 19.8. The van der Waals surface area contributed by atoms with E-state index in [1.807, 2.05) is 10.9 Å². The fourth-order valence-corrected chi connectivity index (χ4v) is 2.63. The minimum atomic E-state index is -0.331. The number of ether oxygens (including phenoxy) is 1. The largest absolute Gasteiger partial charge is 0.468 e. The first kappa shape index (κ1) is 14.0. The van der Waals surface area contributed by atoms with Gasteiger partial charge in [0.25, 0.3) is 0 Å². The molecule has 6 nitrogen and oxygen atoms in total. The van der Waals surface area contributed by atoms with Crippen LogP contribution in [0.3, 0.4) is 0 Å². The minimum absolute atomic E-state index is 0.0881. The summed E-state index contributed by atoms with van der Waals surface area (Å²) in [5.41, 5.74) is 2.30. The standard InChI is InChI=1S/C13H21N3O3/c1-9(13(18)19-2)15-11-4-3-5-12-10(11)8-14-16(12)6-7-17/h8-9,11,15,17H,3-7H2,1-2H3. The second-order valence-corrected chi connectivity index (χ2v) is 4.85. The predicted molar refractivity (Wildman–Crippen MR) is 69.6 cm³/mol. The summed E-state index contributed by atoms with van der Waals surface area (Å²) in [5.74, 6) is -0.255. The molecular weight excluding hydrogens is 246 g/mol. The highest BCUT2D eigenvalue weighted by atomic mass is 16.5. The molecule has 1 aliphatic rings. The van der Waals surface area contributed by atoms with Gasteiger partial charge in [0, 0.05) is 17.3 Å². The third kappa shape index (κ3) is 2.96. The van der Waals surface area contributed by atoms with Crippen molar-refractivity contribution in [1.29, 1.82) is 0 Å². The Hall–Kier alpha value is -1.40. The summed E-state index contributed by atoms with van der Waals surface area (Å²) in [5, 5.41) is 16.6. The molecule has 2 unspecified atom stereocenters. The second-order valence-electron chi connectivity index (χ2n) is 4.85. The monoisotopic (exact) mass is 267 g/mol. The molecular formula is C13H21N3O3. The number of aliphatic hydroxyl groups is 1. The number of carbonyl (C=O) groups excluding carboxylic acids is 1. The molecule has 0 saturated carbocycles. The lowest BCUT2D eigenvalue weighted by Crippen LogP contribution is -2.38. The first-order valence-electron chi connectivity index (χ1n) is 6.66. The summed E-state index contributed by atoms with van der Waals surface area (Å²) < 4.78 is 6.58. The molecule has 6 heteroatoms. The van der Waals surface area contributed by atoms with E-state index in [4.69, 9.17) is 9.84 Å². The molecule has 19 heavy (non-hydrogen) atoms. The number of carbonyl (C=O) groups is 1. The summed E-state index contributed by atoms with van der Waals surface area (Å²) in [6.45, 7) is 2.41. The summed E-state index contributed by atoms with van der Waals surface area (Å²) in [7, 11) is 1.39. The van der Waals surface area contributed by atoms with Crippen LogP contribution in [0.1, 0.15) is 37.1 Å². The average molecular weight is 267 g/mol. The number of hydrogen-bond acceptors (Lipinski definition) is 5. The molecule has 0 radical (unpaired) electrons. The molecule has 106 valence electrons. The smallest absolute Gasteiger partial charge is 0.322 e. The van der Waals surface area contributed by atoms with Crippen LogP contribution in [0.25, 0.3) is 0 Å². The fourth-order valence-electron chi connectivity index (χ4n) is 2.63. The zero-order chi connectivity index (χ0) is 13.8. The van der Waals surface area contributed by atoms with Gasteiger partial charge in [-0.05, 0) is 26.2 Å². The highest BCUT2D eigenvalue weighted by molar-refractivity contribution is 5.75. The third-order valence-electron chi connectivity index (χ3n) is 3.58.